The molecule has 0 bridgehead atoms. The summed E-state index contributed by atoms with van der Waals surface area (Å²) in [6.45, 7) is 1.64. The Labute approximate surface area is 542 Å². The SMILES string of the molecule is CCC/C=C/CC/C=C/CC/C=C/C(O)C(COC1OC(CO)C(OC2OC(CO)C(OC3OC(CO)C(O)C(O)C3O)C(O)C2O)C(O)C1O)NC(=O)CCCCCCCCCCCCCCCCCCCCCCCCCCCCCCCCCCCC. The molecule has 3 aliphatic rings. The van der Waals surface area contributed by atoms with Crippen molar-refractivity contribution in [2.75, 3.05) is 26.4 Å². The Balaban J connectivity index is 1.32. The zero-order valence-electron chi connectivity index (χ0n) is 55.9. The minimum atomic E-state index is -1.98. The first-order valence-corrected chi connectivity index (χ1v) is 36.2. The maximum atomic E-state index is 13.4. The molecular weight excluding hydrogens is 1150 g/mol. The molecule has 0 aromatic rings. The Bertz CT molecular complexity index is 1780. The van der Waals surface area contributed by atoms with Gasteiger partial charge in [0.2, 0.25) is 5.91 Å². The molecule has 3 rings (SSSR count). The van der Waals surface area contributed by atoms with Gasteiger partial charge in [0, 0.05) is 6.42 Å². The number of amides is 1. The highest BCUT2D eigenvalue weighted by molar-refractivity contribution is 5.76. The van der Waals surface area contributed by atoms with Gasteiger partial charge in [-0.2, -0.15) is 0 Å². The maximum Gasteiger partial charge on any atom is 0.220 e. The van der Waals surface area contributed by atoms with Crippen LogP contribution in [0.4, 0.5) is 0 Å². The van der Waals surface area contributed by atoms with Crippen molar-refractivity contribution in [2.45, 2.75) is 381 Å². The summed E-state index contributed by atoms with van der Waals surface area (Å²) in [5, 5.41) is 120. The van der Waals surface area contributed by atoms with E-state index in [1.165, 1.54) is 193 Å². The summed E-state index contributed by atoms with van der Waals surface area (Å²) >= 11 is 0. The number of unbranched alkanes of at least 4 members (excludes halogenated alkanes) is 36. The van der Waals surface area contributed by atoms with Crippen LogP contribution in [0.2, 0.25) is 0 Å². The molecule has 3 aliphatic heterocycles. The molecule has 0 aliphatic carbocycles. The molecule has 0 saturated carbocycles. The summed E-state index contributed by atoms with van der Waals surface area (Å²) in [6, 6.07) is -0.993. The molecule has 0 aromatic heterocycles. The van der Waals surface area contributed by atoms with Crippen LogP contribution in [-0.2, 0) is 33.2 Å². The lowest BCUT2D eigenvalue weighted by Gasteiger charge is -2.48. The van der Waals surface area contributed by atoms with Crippen LogP contribution >= 0.6 is 0 Å². The first kappa shape index (κ1) is 82.2. The van der Waals surface area contributed by atoms with Gasteiger partial charge in [-0.1, -0.05) is 269 Å². The van der Waals surface area contributed by atoms with Crippen molar-refractivity contribution in [1.82, 2.24) is 5.32 Å². The molecule has 19 nitrogen and oxygen atoms in total. The fourth-order valence-corrected chi connectivity index (χ4v) is 12.3. The number of aliphatic hydroxyl groups is 11. The molecule has 3 fully saturated rings. The van der Waals surface area contributed by atoms with Crippen molar-refractivity contribution < 1.29 is 89.4 Å². The topological polar surface area (TPSA) is 307 Å². The van der Waals surface area contributed by atoms with Gasteiger partial charge in [0.05, 0.1) is 38.6 Å². The van der Waals surface area contributed by atoms with E-state index in [9.17, 15) is 61.0 Å². The van der Waals surface area contributed by atoms with E-state index in [1.807, 2.05) is 6.08 Å². The van der Waals surface area contributed by atoms with Crippen LogP contribution in [0.1, 0.15) is 277 Å². The molecule has 17 atom stereocenters. The molecule has 12 N–H and O–H groups in total. The Kier molecular flexibility index (Phi) is 48.6. The first-order valence-electron chi connectivity index (χ1n) is 36.2. The molecule has 17 unspecified atom stereocenters. The van der Waals surface area contributed by atoms with Crippen LogP contribution in [-0.4, -0.2) is 193 Å². The number of aliphatic hydroxyl groups excluding tert-OH is 11. The second kappa shape index (κ2) is 53.2. The third kappa shape index (κ3) is 34.6. The highest BCUT2D eigenvalue weighted by Gasteiger charge is 2.53. The maximum absolute atomic E-state index is 13.4. The highest BCUT2D eigenvalue weighted by Crippen LogP contribution is 2.33. The first-order chi connectivity index (χ1) is 43.8. The summed E-state index contributed by atoms with van der Waals surface area (Å²) in [7, 11) is 0. The second-order valence-electron chi connectivity index (χ2n) is 26.0. The van der Waals surface area contributed by atoms with Gasteiger partial charge in [0.25, 0.3) is 0 Å². The summed E-state index contributed by atoms with van der Waals surface area (Å²) in [5.41, 5.74) is 0. The van der Waals surface area contributed by atoms with Crippen molar-refractivity contribution in [3.05, 3.63) is 36.5 Å². The smallest absolute Gasteiger partial charge is 0.220 e. The second-order valence-corrected chi connectivity index (χ2v) is 26.0. The van der Waals surface area contributed by atoms with Gasteiger partial charge in [-0.15, -0.1) is 0 Å². The summed E-state index contributed by atoms with van der Waals surface area (Å²) in [5.74, 6) is -0.287. The molecule has 19 heteroatoms. The summed E-state index contributed by atoms with van der Waals surface area (Å²) < 4.78 is 34.3. The lowest BCUT2D eigenvalue weighted by molar-refractivity contribution is -0.379. The monoisotopic (exact) mass is 1290 g/mol. The quantitative estimate of drug-likeness (QED) is 0.0199. The summed E-state index contributed by atoms with van der Waals surface area (Å²) in [4.78, 5) is 13.4. The fourth-order valence-electron chi connectivity index (χ4n) is 12.3. The summed E-state index contributed by atoms with van der Waals surface area (Å²) in [6.07, 6.45) is 36.1. The number of carbonyl (C=O) groups is 1. The predicted molar refractivity (Wildman–Crippen MR) is 351 cm³/mol. The van der Waals surface area contributed by atoms with Gasteiger partial charge in [-0.3, -0.25) is 4.79 Å². The Morgan fingerprint density at radius 3 is 1.09 bits per heavy atom. The minimum Gasteiger partial charge on any atom is -0.394 e. The number of nitrogens with one attached hydrogen (secondary N) is 1. The number of rotatable bonds is 56. The molecule has 1 amide bonds. The lowest BCUT2D eigenvalue weighted by atomic mass is 9.96. The van der Waals surface area contributed by atoms with E-state index in [0.29, 0.717) is 12.8 Å². The zero-order valence-corrected chi connectivity index (χ0v) is 55.9. The number of ether oxygens (including phenoxy) is 6. The number of hydrogen-bond acceptors (Lipinski definition) is 18. The van der Waals surface area contributed by atoms with Gasteiger partial charge in [0.1, 0.15) is 73.2 Å². The van der Waals surface area contributed by atoms with Gasteiger partial charge in [-0.05, 0) is 38.5 Å². The van der Waals surface area contributed by atoms with E-state index in [-0.39, 0.29) is 18.9 Å². The number of carbonyl (C=O) groups excluding carboxylic acids is 1. The molecule has 3 heterocycles. The van der Waals surface area contributed by atoms with Crippen LogP contribution < -0.4 is 5.32 Å². The van der Waals surface area contributed by atoms with Crippen LogP contribution in [0.5, 0.6) is 0 Å². The van der Waals surface area contributed by atoms with E-state index in [4.69, 9.17) is 28.4 Å². The van der Waals surface area contributed by atoms with E-state index in [2.05, 4.69) is 43.5 Å². The Morgan fingerprint density at radius 2 is 0.711 bits per heavy atom. The number of hydrogen-bond donors (Lipinski definition) is 12. The fraction of sp³-hybridized carbons (Fsp3) is 0.901. The van der Waals surface area contributed by atoms with Gasteiger partial charge < -0.3 is 89.9 Å². The van der Waals surface area contributed by atoms with E-state index in [0.717, 1.165) is 51.4 Å². The average molecular weight is 1290 g/mol. The van der Waals surface area contributed by atoms with Gasteiger partial charge >= 0.3 is 0 Å². The lowest BCUT2D eigenvalue weighted by Crippen LogP contribution is -2.66. The zero-order chi connectivity index (χ0) is 65.4. The molecule has 528 valence electrons. The van der Waals surface area contributed by atoms with E-state index >= 15 is 0 Å². The van der Waals surface area contributed by atoms with Crippen molar-refractivity contribution in [3.63, 3.8) is 0 Å². The van der Waals surface area contributed by atoms with Crippen molar-refractivity contribution in [3.8, 4) is 0 Å². The average Bonchev–Trinajstić information content (AvgIpc) is 1.48. The molecule has 90 heavy (non-hydrogen) atoms. The molecular formula is C71H131NO18. The van der Waals surface area contributed by atoms with Crippen molar-refractivity contribution in [2.24, 2.45) is 0 Å². The van der Waals surface area contributed by atoms with Crippen LogP contribution in [0.25, 0.3) is 0 Å². The molecule has 3 saturated heterocycles. The third-order valence-corrected chi connectivity index (χ3v) is 18.2. The Hall–Kier alpha value is -1.99. The van der Waals surface area contributed by atoms with E-state index < -0.39 is 124 Å². The standard InChI is InChI=1S/C71H131NO18/c1-3-5-7-9-11-13-15-16-17-18-19-20-21-22-23-24-25-26-27-28-29-30-31-32-33-34-35-36-37-39-41-43-45-47-49-59(77)72-54(55(76)48-46-44-42-40-38-14-12-10-8-6-4-2)53-85-69-65(83)62(80)67(57(51-74)87-69)90-71-66(84)63(81)68(58(52-75)88-71)89-70-64(82)61(79)60(78)56(50-73)86-70/h8,10,38,40,46,48,54-58,60-71,73-76,78-84H,3-7,9,11-37,39,41-45,47,49-53H2,1-2H3,(H,72,77)/b10-8+,40-38+,48-46+. The van der Waals surface area contributed by atoms with Crippen LogP contribution in [0.3, 0.4) is 0 Å². The van der Waals surface area contributed by atoms with E-state index in [1.54, 1.807) is 6.08 Å². The molecule has 0 aromatic carbocycles. The highest BCUT2D eigenvalue weighted by atomic mass is 16.8. The van der Waals surface area contributed by atoms with Crippen LogP contribution in [0, 0.1) is 0 Å². The minimum absolute atomic E-state index is 0.236. The molecule has 0 radical (unpaired) electrons. The van der Waals surface area contributed by atoms with Crippen molar-refractivity contribution in [1.29, 1.82) is 0 Å². The number of allylic oxidation sites excluding steroid dienone is 5. The van der Waals surface area contributed by atoms with Crippen molar-refractivity contribution >= 4 is 5.91 Å². The normalized spacial score (nSPS) is 28.2. The van der Waals surface area contributed by atoms with Crippen LogP contribution in [0.15, 0.2) is 36.5 Å². The molecule has 0 spiro atoms. The Morgan fingerprint density at radius 1 is 0.389 bits per heavy atom. The predicted octanol–water partition coefficient (Wildman–Crippen LogP) is 10.00. The third-order valence-electron chi connectivity index (χ3n) is 18.2. The largest absolute Gasteiger partial charge is 0.394 e. The van der Waals surface area contributed by atoms with Gasteiger partial charge in [0.15, 0.2) is 18.9 Å². The van der Waals surface area contributed by atoms with Gasteiger partial charge in [-0.25, -0.2) is 0 Å².